The molecular weight excluding hydrogens is 334 g/mol. The third-order valence-corrected chi connectivity index (χ3v) is 3.27. The molecule has 2 rings (SSSR count). The molecule has 0 atom stereocenters. The summed E-state index contributed by atoms with van der Waals surface area (Å²) in [7, 11) is 0. The summed E-state index contributed by atoms with van der Waals surface area (Å²) in [5.74, 6) is -0.983. The van der Waals surface area contributed by atoms with Gasteiger partial charge in [0.1, 0.15) is 0 Å². The lowest BCUT2D eigenvalue weighted by atomic mass is 10.1. The summed E-state index contributed by atoms with van der Waals surface area (Å²) in [6.45, 7) is 0.760. The average Bonchev–Trinajstić information content (AvgIpc) is 2.69. The molecule has 0 aliphatic carbocycles. The fraction of sp³-hybridized carbons (Fsp3) is 0.105. The summed E-state index contributed by atoms with van der Waals surface area (Å²) in [5, 5.41) is 12.2. The van der Waals surface area contributed by atoms with E-state index in [0.717, 1.165) is 5.56 Å². The minimum atomic E-state index is -0.629. The smallest absolute Gasteiger partial charge is 0.271 e. The van der Waals surface area contributed by atoms with Crippen molar-refractivity contribution in [3.63, 3.8) is 0 Å². The molecule has 0 radical (unpaired) electrons. The van der Waals surface area contributed by atoms with Crippen LogP contribution in [0.3, 0.4) is 0 Å². The predicted molar refractivity (Wildman–Crippen MR) is 97.5 cm³/mol. The Hall–Kier alpha value is -3.29. The quantitative estimate of drug-likeness (QED) is 0.223. The van der Waals surface area contributed by atoms with Gasteiger partial charge in [-0.3, -0.25) is 14.8 Å². The van der Waals surface area contributed by atoms with Crippen LogP contribution in [0.15, 0.2) is 65.8 Å². The Labute approximate surface area is 151 Å². The zero-order valence-corrected chi connectivity index (χ0v) is 14.0. The van der Waals surface area contributed by atoms with Crippen LogP contribution in [0.25, 0.3) is 6.08 Å². The van der Waals surface area contributed by atoms with Crippen molar-refractivity contribution in [3.8, 4) is 0 Å². The van der Waals surface area contributed by atoms with Crippen LogP contribution in [0.2, 0.25) is 0 Å². The van der Waals surface area contributed by atoms with E-state index in [1.54, 1.807) is 24.3 Å². The molecule has 0 spiro atoms. The molecule has 7 nitrogen and oxygen atoms in total. The van der Waals surface area contributed by atoms with Gasteiger partial charge in [-0.2, -0.15) is 5.10 Å². The highest BCUT2D eigenvalue weighted by atomic mass is 16.5. The topological polar surface area (TPSA) is 100 Å². The lowest BCUT2D eigenvalue weighted by molar-refractivity contribution is -0.124. The van der Waals surface area contributed by atoms with Gasteiger partial charge in [0.05, 0.1) is 19.4 Å². The van der Waals surface area contributed by atoms with E-state index >= 15 is 0 Å². The molecule has 2 amide bonds. The first-order valence-corrected chi connectivity index (χ1v) is 7.85. The first-order chi connectivity index (χ1) is 12.7. The average molecular weight is 353 g/mol. The van der Waals surface area contributed by atoms with Crippen LogP contribution in [0.4, 0.5) is 0 Å². The maximum atomic E-state index is 11.9. The minimum absolute atomic E-state index is 0.284. The number of benzene rings is 2. The summed E-state index contributed by atoms with van der Waals surface area (Å²) >= 11 is 0. The molecular formula is C19H19N3O4. The molecule has 0 bridgehead atoms. The van der Waals surface area contributed by atoms with Crippen molar-refractivity contribution in [1.82, 2.24) is 10.9 Å². The number of hydrogen-bond donors (Lipinski definition) is 3. The van der Waals surface area contributed by atoms with Gasteiger partial charge in [0.15, 0.2) is 0 Å². The van der Waals surface area contributed by atoms with Gasteiger partial charge >= 0.3 is 0 Å². The van der Waals surface area contributed by atoms with Crippen molar-refractivity contribution < 1.29 is 19.5 Å². The third-order valence-electron chi connectivity index (χ3n) is 3.27. The molecule has 2 aromatic carbocycles. The van der Waals surface area contributed by atoms with Gasteiger partial charge in [-0.15, -0.1) is 0 Å². The van der Waals surface area contributed by atoms with Crippen molar-refractivity contribution in [1.29, 1.82) is 0 Å². The largest absolute Gasteiger partial charge is 0.371 e. The summed E-state index contributed by atoms with van der Waals surface area (Å²) in [4.78, 5) is 22.8. The van der Waals surface area contributed by atoms with Crippen LogP contribution in [-0.4, -0.2) is 29.8 Å². The zero-order valence-electron chi connectivity index (χ0n) is 14.0. The number of amides is 2. The van der Waals surface area contributed by atoms with Crippen LogP contribution in [0, 0.1) is 0 Å². The number of ether oxygens (including phenoxy) is 1. The molecule has 0 heterocycles. The number of rotatable bonds is 8. The molecule has 0 aromatic heterocycles. The van der Waals surface area contributed by atoms with Crippen LogP contribution in [0.1, 0.15) is 21.5 Å². The standard InChI is InChI=1S/C19H19N3O4/c23-18(22-25)11-8-15-6-9-17(10-7-15)19(24)21-20-12-13-26-14-16-4-2-1-3-5-16/h1-12,25H,13-14H2,(H,21,24)(H,22,23)/b11-8+,20-12+. The summed E-state index contributed by atoms with van der Waals surface area (Å²) in [5.41, 5.74) is 6.11. The summed E-state index contributed by atoms with van der Waals surface area (Å²) < 4.78 is 5.42. The van der Waals surface area contributed by atoms with Gasteiger partial charge in [-0.1, -0.05) is 42.5 Å². The van der Waals surface area contributed by atoms with E-state index in [0.29, 0.717) is 17.7 Å². The second-order valence-corrected chi connectivity index (χ2v) is 5.18. The van der Waals surface area contributed by atoms with Crippen molar-refractivity contribution in [3.05, 3.63) is 77.4 Å². The lowest BCUT2D eigenvalue weighted by Gasteiger charge is -2.02. The van der Waals surface area contributed by atoms with Gasteiger partial charge in [-0.05, 0) is 29.3 Å². The molecule has 3 N–H and O–H groups in total. The van der Waals surface area contributed by atoms with Crippen molar-refractivity contribution in [2.75, 3.05) is 6.61 Å². The number of nitrogens with zero attached hydrogens (tertiary/aromatic N) is 1. The van der Waals surface area contributed by atoms with E-state index < -0.39 is 5.91 Å². The molecule has 0 unspecified atom stereocenters. The van der Waals surface area contributed by atoms with E-state index in [4.69, 9.17) is 9.94 Å². The number of hydrogen-bond acceptors (Lipinski definition) is 5. The zero-order chi connectivity index (χ0) is 18.6. The molecule has 134 valence electrons. The van der Waals surface area contributed by atoms with E-state index in [1.165, 1.54) is 23.8 Å². The Morgan fingerprint density at radius 2 is 1.81 bits per heavy atom. The van der Waals surface area contributed by atoms with Crippen LogP contribution < -0.4 is 10.9 Å². The second kappa shape index (κ2) is 10.5. The summed E-state index contributed by atoms with van der Waals surface area (Å²) in [6.07, 6.45) is 4.16. The molecule has 0 saturated heterocycles. The van der Waals surface area contributed by atoms with Crippen molar-refractivity contribution in [2.24, 2.45) is 5.10 Å². The molecule has 26 heavy (non-hydrogen) atoms. The Morgan fingerprint density at radius 3 is 2.50 bits per heavy atom. The van der Waals surface area contributed by atoms with Crippen LogP contribution in [-0.2, 0) is 16.1 Å². The highest BCUT2D eigenvalue weighted by Gasteiger charge is 2.03. The molecule has 7 heteroatoms. The molecule has 0 saturated carbocycles. The monoisotopic (exact) mass is 353 g/mol. The molecule has 2 aromatic rings. The van der Waals surface area contributed by atoms with Crippen LogP contribution >= 0.6 is 0 Å². The third kappa shape index (κ3) is 6.68. The van der Waals surface area contributed by atoms with Crippen LogP contribution in [0.5, 0.6) is 0 Å². The highest BCUT2D eigenvalue weighted by molar-refractivity contribution is 5.95. The van der Waals surface area contributed by atoms with E-state index in [2.05, 4.69) is 10.5 Å². The number of carbonyl (C=O) groups is 2. The van der Waals surface area contributed by atoms with E-state index in [-0.39, 0.29) is 12.5 Å². The maximum absolute atomic E-state index is 11.9. The fourth-order valence-corrected chi connectivity index (χ4v) is 1.96. The summed E-state index contributed by atoms with van der Waals surface area (Å²) in [6, 6.07) is 16.3. The number of hydroxylamine groups is 1. The lowest BCUT2D eigenvalue weighted by Crippen LogP contribution is -2.18. The van der Waals surface area contributed by atoms with Gasteiger partial charge in [0, 0.05) is 11.6 Å². The number of hydrazone groups is 1. The number of carbonyl (C=O) groups excluding carboxylic acids is 2. The van der Waals surface area contributed by atoms with E-state index in [1.807, 2.05) is 30.3 Å². The number of nitrogens with one attached hydrogen (secondary N) is 2. The van der Waals surface area contributed by atoms with Gasteiger partial charge < -0.3 is 4.74 Å². The van der Waals surface area contributed by atoms with Gasteiger partial charge in [0.25, 0.3) is 11.8 Å². The Bertz CT molecular complexity index is 771. The minimum Gasteiger partial charge on any atom is -0.371 e. The van der Waals surface area contributed by atoms with Crippen molar-refractivity contribution in [2.45, 2.75) is 6.61 Å². The molecule has 0 aliphatic heterocycles. The second-order valence-electron chi connectivity index (χ2n) is 5.18. The Balaban J connectivity index is 1.73. The maximum Gasteiger partial charge on any atom is 0.271 e. The normalized spacial score (nSPS) is 11.0. The van der Waals surface area contributed by atoms with Gasteiger partial charge in [-0.25, -0.2) is 10.9 Å². The van der Waals surface area contributed by atoms with Gasteiger partial charge in [0.2, 0.25) is 0 Å². The molecule has 0 fully saturated rings. The van der Waals surface area contributed by atoms with Crippen molar-refractivity contribution >= 4 is 24.1 Å². The predicted octanol–water partition coefficient (Wildman–Crippen LogP) is 2.14. The fourth-order valence-electron chi connectivity index (χ4n) is 1.96. The molecule has 0 aliphatic rings. The SMILES string of the molecule is O=C(/C=C/c1ccc(C(=O)N/N=C/COCc2ccccc2)cc1)NO. The Morgan fingerprint density at radius 1 is 1.08 bits per heavy atom. The Kier molecular flexibility index (Phi) is 7.73. The highest BCUT2D eigenvalue weighted by Crippen LogP contribution is 2.06. The first kappa shape index (κ1) is 19.0. The first-order valence-electron chi connectivity index (χ1n) is 7.85. The van der Waals surface area contributed by atoms with E-state index in [9.17, 15) is 9.59 Å².